The highest BCUT2D eigenvalue weighted by molar-refractivity contribution is 5.70. The lowest BCUT2D eigenvalue weighted by Crippen LogP contribution is -1.76. The van der Waals surface area contributed by atoms with Crippen LogP contribution in [-0.2, 0) is 0 Å². The van der Waals surface area contributed by atoms with Crippen molar-refractivity contribution in [2.45, 2.75) is 0 Å². The Morgan fingerprint density at radius 2 is 1.22 bits per heavy atom. The Bertz CT molecular complexity index is 596. The van der Waals surface area contributed by atoms with Crippen LogP contribution < -0.4 is 0 Å². The molecule has 0 heterocycles. The van der Waals surface area contributed by atoms with Crippen LogP contribution in [0, 0.1) is 11.3 Å². The van der Waals surface area contributed by atoms with Crippen molar-refractivity contribution in [1.29, 1.82) is 5.26 Å². The summed E-state index contributed by atoms with van der Waals surface area (Å²) in [5, 5.41) is 8.71. The molecular weight excluding hydrogens is 218 g/mol. The van der Waals surface area contributed by atoms with E-state index >= 15 is 0 Å². The van der Waals surface area contributed by atoms with E-state index < -0.39 is 0 Å². The van der Waals surface area contributed by atoms with E-state index in [4.69, 9.17) is 5.26 Å². The largest absolute Gasteiger partial charge is 0.192 e. The quantitative estimate of drug-likeness (QED) is 0.719. The minimum atomic E-state index is 0.683. The predicted octanol–water partition coefficient (Wildman–Crippen LogP) is 4.37. The monoisotopic (exact) mass is 231 g/mol. The normalized spacial score (nSPS) is 10.2. The molecular formula is C17H13N. The van der Waals surface area contributed by atoms with Gasteiger partial charge in [0.1, 0.15) is 0 Å². The van der Waals surface area contributed by atoms with Crippen molar-refractivity contribution in [2.75, 3.05) is 0 Å². The fraction of sp³-hybridized carbons (Fsp3) is 0. The highest BCUT2D eigenvalue weighted by atomic mass is 14.2. The van der Waals surface area contributed by atoms with Crippen LogP contribution >= 0.6 is 0 Å². The summed E-state index contributed by atoms with van der Waals surface area (Å²) in [5.41, 5.74) is 4.03. The standard InChI is InChI=1S/C17H13N/c1-2-14-3-5-15(6-4-14)7-8-16-9-11-17(13-18)12-10-16/h2-12H,1H2/b8-7-. The maximum absolute atomic E-state index is 8.71. The van der Waals surface area contributed by atoms with Gasteiger partial charge in [0, 0.05) is 0 Å². The van der Waals surface area contributed by atoms with Gasteiger partial charge in [0.2, 0.25) is 0 Å². The summed E-state index contributed by atoms with van der Waals surface area (Å²) in [6.07, 6.45) is 5.91. The molecule has 2 aromatic rings. The molecule has 0 fully saturated rings. The molecule has 0 aliphatic rings. The maximum atomic E-state index is 8.71. The summed E-state index contributed by atoms with van der Waals surface area (Å²) in [6, 6.07) is 17.8. The third-order valence-electron chi connectivity index (χ3n) is 2.68. The average molecular weight is 231 g/mol. The highest BCUT2D eigenvalue weighted by Crippen LogP contribution is 2.11. The van der Waals surface area contributed by atoms with E-state index in [1.807, 2.05) is 54.6 Å². The van der Waals surface area contributed by atoms with Crippen molar-refractivity contribution in [3.8, 4) is 6.07 Å². The number of nitrogens with zero attached hydrogens (tertiary/aromatic N) is 1. The Morgan fingerprint density at radius 1 is 0.778 bits per heavy atom. The maximum Gasteiger partial charge on any atom is 0.0991 e. The number of hydrogen-bond donors (Lipinski definition) is 0. The third kappa shape index (κ3) is 2.96. The van der Waals surface area contributed by atoms with Crippen LogP contribution in [0.3, 0.4) is 0 Å². The van der Waals surface area contributed by atoms with Gasteiger partial charge in [-0.25, -0.2) is 0 Å². The van der Waals surface area contributed by atoms with E-state index in [-0.39, 0.29) is 0 Å². The fourth-order valence-corrected chi connectivity index (χ4v) is 1.60. The summed E-state index contributed by atoms with van der Waals surface area (Å²) in [4.78, 5) is 0. The first-order valence-electron chi connectivity index (χ1n) is 5.72. The summed E-state index contributed by atoms with van der Waals surface area (Å²) in [6.45, 7) is 3.73. The third-order valence-corrected chi connectivity index (χ3v) is 2.68. The van der Waals surface area contributed by atoms with Gasteiger partial charge in [-0.3, -0.25) is 0 Å². The number of nitriles is 1. The van der Waals surface area contributed by atoms with E-state index in [2.05, 4.69) is 24.8 Å². The number of rotatable bonds is 3. The van der Waals surface area contributed by atoms with Gasteiger partial charge in [0.25, 0.3) is 0 Å². The molecule has 0 spiro atoms. The zero-order valence-corrected chi connectivity index (χ0v) is 10.0. The van der Waals surface area contributed by atoms with E-state index in [0.29, 0.717) is 5.56 Å². The topological polar surface area (TPSA) is 23.8 Å². The average Bonchev–Trinajstić information content (AvgIpc) is 2.46. The van der Waals surface area contributed by atoms with Crippen LogP contribution in [0.4, 0.5) is 0 Å². The molecule has 86 valence electrons. The Labute approximate surface area is 107 Å². The van der Waals surface area contributed by atoms with Crippen LogP contribution in [0.1, 0.15) is 22.3 Å². The zero-order valence-electron chi connectivity index (χ0n) is 10.0. The second kappa shape index (κ2) is 5.65. The Hall–Kier alpha value is -2.59. The predicted molar refractivity (Wildman–Crippen MR) is 76.6 cm³/mol. The minimum Gasteiger partial charge on any atom is -0.192 e. The van der Waals surface area contributed by atoms with Gasteiger partial charge in [-0.1, -0.05) is 61.2 Å². The van der Waals surface area contributed by atoms with E-state index in [9.17, 15) is 0 Å². The highest BCUT2D eigenvalue weighted by Gasteiger charge is 1.91. The molecule has 1 heteroatoms. The molecule has 1 nitrogen and oxygen atoms in total. The molecule has 0 aliphatic carbocycles. The molecule has 0 saturated carbocycles. The van der Waals surface area contributed by atoms with E-state index in [1.54, 1.807) is 0 Å². The molecule has 0 aromatic heterocycles. The molecule has 0 bridgehead atoms. The lowest BCUT2D eigenvalue weighted by atomic mass is 10.1. The van der Waals surface area contributed by atoms with Gasteiger partial charge in [-0.2, -0.15) is 5.26 Å². The minimum absolute atomic E-state index is 0.683. The van der Waals surface area contributed by atoms with Crippen LogP contribution in [-0.4, -0.2) is 0 Å². The second-order valence-corrected chi connectivity index (χ2v) is 3.94. The van der Waals surface area contributed by atoms with Gasteiger partial charge in [0.05, 0.1) is 11.6 Å². The molecule has 0 amide bonds. The van der Waals surface area contributed by atoms with Crippen molar-refractivity contribution < 1.29 is 0 Å². The first-order valence-corrected chi connectivity index (χ1v) is 5.72. The molecule has 0 aliphatic heterocycles. The van der Waals surface area contributed by atoms with Crippen molar-refractivity contribution in [3.05, 3.63) is 77.4 Å². The van der Waals surface area contributed by atoms with Crippen molar-refractivity contribution >= 4 is 18.2 Å². The Balaban J connectivity index is 2.14. The van der Waals surface area contributed by atoms with Crippen LogP contribution in [0.2, 0.25) is 0 Å². The first-order chi connectivity index (χ1) is 8.81. The molecule has 0 radical (unpaired) electrons. The van der Waals surface area contributed by atoms with Crippen molar-refractivity contribution in [3.63, 3.8) is 0 Å². The molecule has 0 atom stereocenters. The van der Waals surface area contributed by atoms with E-state index in [1.165, 1.54) is 0 Å². The van der Waals surface area contributed by atoms with Crippen molar-refractivity contribution in [2.24, 2.45) is 0 Å². The van der Waals surface area contributed by atoms with Gasteiger partial charge in [0.15, 0.2) is 0 Å². The SMILES string of the molecule is C=Cc1ccc(/C=C\c2ccc(C#N)cc2)cc1. The number of hydrogen-bond acceptors (Lipinski definition) is 1. The summed E-state index contributed by atoms with van der Waals surface area (Å²) in [7, 11) is 0. The van der Waals surface area contributed by atoms with Crippen LogP contribution in [0.15, 0.2) is 55.1 Å². The molecule has 0 N–H and O–H groups in total. The molecule has 0 saturated heterocycles. The zero-order chi connectivity index (χ0) is 12.8. The molecule has 2 aromatic carbocycles. The fourth-order valence-electron chi connectivity index (χ4n) is 1.60. The lowest BCUT2D eigenvalue weighted by molar-refractivity contribution is 1.48. The lowest BCUT2D eigenvalue weighted by Gasteiger charge is -1.96. The van der Waals surface area contributed by atoms with Crippen molar-refractivity contribution in [1.82, 2.24) is 0 Å². The van der Waals surface area contributed by atoms with Gasteiger partial charge in [-0.15, -0.1) is 0 Å². The molecule has 0 unspecified atom stereocenters. The van der Waals surface area contributed by atoms with Gasteiger partial charge >= 0.3 is 0 Å². The molecule has 18 heavy (non-hydrogen) atoms. The van der Waals surface area contributed by atoms with Crippen LogP contribution in [0.25, 0.3) is 18.2 Å². The first kappa shape index (κ1) is 11.9. The Kier molecular flexibility index (Phi) is 3.73. The molecule has 2 rings (SSSR count). The Morgan fingerprint density at radius 3 is 1.67 bits per heavy atom. The van der Waals surface area contributed by atoms with Gasteiger partial charge in [-0.05, 0) is 28.8 Å². The summed E-state index contributed by atoms with van der Waals surface area (Å²) >= 11 is 0. The van der Waals surface area contributed by atoms with Crippen LogP contribution in [0.5, 0.6) is 0 Å². The second-order valence-electron chi connectivity index (χ2n) is 3.94. The summed E-state index contributed by atoms with van der Waals surface area (Å²) in [5.74, 6) is 0. The number of benzene rings is 2. The van der Waals surface area contributed by atoms with E-state index in [0.717, 1.165) is 16.7 Å². The smallest absolute Gasteiger partial charge is 0.0991 e. The summed E-state index contributed by atoms with van der Waals surface area (Å²) < 4.78 is 0. The van der Waals surface area contributed by atoms with Gasteiger partial charge < -0.3 is 0 Å².